The molecule has 11 aromatic carbocycles. The first-order chi connectivity index (χ1) is 28.8. The molecule has 0 spiro atoms. The molecule has 0 aliphatic carbocycles. The fourth-order valence-corrected chi connectivity index (χ4v) is 9.36. The Labute approximate surface area is 335 Å². The first-order valence-corrected chi connectivity index (χ1v) is 19.9. The molecule has 0 unspecified atom stereocenters. The molecule has 0 aliphatic heterocycles. The monoisotopic (exact) mass is 734 g/mol. The molecule has 0 aliphatic rings. The Morgan fingerprint density at radius 2 is 0.776 bits per heavy atom. The third-order valence-corrected chi connectivity index (χ3v) is 12.0. The summed E-state index contributed by atoms with van der Waals surface area (Å²) in [7, 11) is 0. The SMILES string of the molecule is c1ccc(-c2nc(-c3ccc(-c4ccc(-c5cc6ccc7cccc8c9ccccc9c9ccccc9c(c5)c6c78)c5ccccc45)cc3)nc3ccccc23)cc1. The van der Waals surface area contributed by atoms with Crippen molar-refractivity contribution in [1.82, 2.24) is 9.97 Å². The second-order valence-electron chi connectivity index (χ2n) is 15.2. The molecule has 0 fully saturated rings. The fraction of sp³-hybridized carbons (Fsp3) is 0. The van der Waals surface area contributed by atoms with Crippen molar-refractivity contribution in [2.45, 2.75) is 0 Å². The molecular formula is C56H34N2. The minimum atomic E-state index is 0.723. The summed E-state index contributed by atoms with van der Waals surface area (Å²) < 4.78 is 0. The van der Waals surface area contributed by atoms with E-state index in [1.165, 1.54) is 81.3 Å². The lowest BCUT2D eigenvalue weighted by atomic mass is 9.87. The Morgan fingerprint density at radius 1 is 0.259 bits per heavy atom. The average molecular weight is 735 g/mol. The zero-order valence-corrected chi connectivity index (χ0v) is 31.5. The molecule has 0 saturated carbocycles. The number of nitrogens with zero attached hydrogens (tertiary/aromatic N) is 2. The van der Waals surface area contributed by atoms with E-state index in [4.69, 9.17) is 9.97 Å². The third-order valence-electron chi connectivity index (χ3n) is 12.0. The third kappa shape index (κ3) is 5.05. The highest BCUT2D eigenvalue weighted by Gasteiger charge is 2.17. The Morgan fingerprint density at radius 3 is 1.48 bits per heavy atom. The zero-order valence-electron chi connectivity index (χ0n) is 31.5. The van der Waals surface area contributed by atoms with Gasteiger partial charge in [0.1, 0.15) is 0 Å². The molecule has 0 amide bonds. The lowest BCUT2D eigenvalue weighted by Crippen LogP contribution is -1.95. The maximum absolute atomic E-state index is 5.12. The minimum absolute atomic E-state index is 0.723. The maximum atomic E-state index is 5.12. The summed E-state index contributed by atoms with van der Waals surface area (Å²) in [6.07, 6.45) is 0. The van der Waals surface area contributed by atoms with E-state index in [1.54, 1.807) is 0 Å². The molecule has 1 aromatic heterocycles. The number of benzene rings is 10. The van der Waals surface area contributed by atoms with Crippen LogP contribution in [0.25, 0.3) is 120 Å². The molecule has 268 valence electrons. The minimum Gasteiger partial charge on any atom is -0.228 e. The van der Waals surface area contributed by atoms with E-state index in [1.807, 2.05) is 12.1 Å². The van der Waals surface area contributed by atoms with Crippen molar-refractivity contribution in [2.24, 2.45) is 0 Å². The molecule has 58 heavy (non-hydrogen) atoms. The van der Waals surface area contributed by atoms with Crippen LogP contribution in [-0.4, -0.2) is 9.97 Å². The summed E-state index contributed by atoms with van der Waals surface area (Å²) in [5.74, 6) is 0.723. The summed E-state index contributed by atoms with van der Waals surface area (Å²) in [5.41, 5.74) is 8.75. The van der Waals surface area contributed by atoms with E-state index >= 15 is 0 Å². The lowest BCUT2D eigenvalue weighted by Gasteiger charge is -2.17. The van der Waals surface area contributed by atoms with Crippen LogP contribution in [0.2, 0.25) is 0 Å². The van der Waals surface area contributed by atoms with Crippen LogP contribution in [0.1, 0.15) is 0 Å². The van der Waals surface area contributed by atoms with Gasteiger partial charge in [0, 0.05) is 16.5 Å². The number of rotatable bonds is 4. The molecule has 0 saturated heterocycles. The summed E-state index contributed by atoms with van der Waals surface area (Å²) in [6, 6.07) is 74.8. The summed E-state index contributed by atoms with van der Waals surface area (Å²) in [4.78, 5) is 10.1. The van der Waals surface area contributed by atoms with Gasteiger partial charge in [0.25, 0.3) is 0 Å². The van der Waals surface area contributed by atoms with Crippen LogP contribution in [0.4, 0.5) is 0 Å². The van der Waals surface area contributed by atoms with E-state index < -0.39 is 0 Å². The Kier molecular flexibility index (Phi) is 7.26. The normalized spacial score (nSPS) is 11.8. The van der Waals surface area contributed by atoms with E-state index in [9.17, 15) is 0 Å². The van der Waals surface area contributed by atoms with Crippen LogP contribution in [0, 0.1) is 0 Å². The molecule has 1 heterocycles. The Hall–Kier alpha value is -7.68. The average Bonchev–Trinajstić information content (AvgIpc) is 3.30. The maximum Gasteiger partial charge on any atom is 0.160 e. The summed E-state index contributed by atoms with van der Waals surface area (Å²) >= 11 is 0. The van der Waals surface area contributed by atoms with Crippen LogP contribution in [-0.2, 0) is 0 Å². The summed E-state index contributed by atoms with van der Waals surface area (Å²) in [5, 5.41) is 16.3. The van der Waals surface area contributed by atoms with Crippen molar-refractivity contribution in [3.05, 3.63) is 206 Å². The van der Waals surface area contributed by atoms with Crippen molar-refractivity contribution >= 4 is 75.5 Å². The Bertz CT molecular complexity index is 3610. The van der Waals surface area contributed by atoms with E-state index in [2.05, 4.69) is 194 Å². The van der Waals surface area contributed by atoms with Gasteiger partial charge in [-0.1, -0.05) is 188 Å². The van der Waals surface area contributed by atoms with E-state index in [0.717, 1.165) is 39.1 Å². The predicted molar refractivity (Wildman–Crippen MR) is 246 cm³/mol. The predicted octanol–water partition coefficient (Wildman–Crippen LogP) is 15.2. The molecule has 0 bridgehead atoms. The number of hydrogen-bond acceptors (Lipinski definition) is 2. The van der Waals surface area contributed by atoms with Crippen molar-refractivity contribution < 1.29 is 0 Å². The zero-order chi connectivity index (χ0) is 38.2. The fourth-order valence-electron chi connectivity index (χ4n) is 9.36. The smallest absolute Gasteiger partial charge is 0.160 e. The van der Waals surface area contributed by atoms with Gasteiger partial charge in [0.05, 0.1) is 11.2 Å². The molecule has 2 nitrogen and oxygen atoms in total. The first kappa shape index (κ1) is 32.6. The van der Waals surface area contributed by atoms with Crippen LogP contribution >= 0.6 is 0 Å². The highest BCUT2D eigenvalue weighted by Crippen LogP contribution is 2.44. The highest BCUT2D eigenvalue weighted by atomic mass is 14.9. The topological polar surface area (TPSA) is 25.8 Å². The molecule has 0 radical (unpaired) electrons. The molecule has 12 rings (SSSR count). The molecule has 0 N–H and O–H groups in total. The van der Waals surface area contributed by atoms with Crippen LogP contribution < -0.4 is 0 Å². The number of fused-ring (bicyclic) bond motifs is 7. The van der Waals surface area contributed by atoms with Crippen molar-refractivity contribution in [3.63, 3.8) is 0 Å². The number of para-hydroxylation sites is 1. The van der Waals surface area contributed by atoms with Gasteiger partial charge in [0.2, 0.25) is 0 Å². The van der Waals surface area contributed by atoms with Gasteiger partial charge in [-0.3, -0.25) is 0 Å². The lowest BCUT2D eigenvalue weighted by molar-refractivity contribution is 1.23. The molecule has 2 heteroatoms. The van der Waals surface area contributed by atoms with Gasteiger partial charge in [-0.25, -0.2) is 9.97 Å². The number of aromatic nitrogens is 2. The van der Waals surface area contributed by atoms with Crippen molar-refractivity contribution in [3.8, 4) is 44.9 Å². The van der Waals surface area contributed by atoms with E-state index in [-0.39, 0.29) is 0 Å². The van der Waals surface area contributed by atoms with Gasteiger partial charge >= 0.3 is 0 Å². The van der Waals surface area contributed by atoms with Crippen LogP contribution in [0.15, 0.2) is 206 Å². The van der Waals surface area contributed by atoms with Gasteiger partial charge in [-0.2, -0.15) is 0 Å². The number of hydrogen-bond donors (Lipinski definition) is 0. The second kappa shape index (κ2) is 12.9. The van der Waals surface area contributed by atoms with Gasteiger partial charge in [-0.15, -0.1) is 0 Å². The van der Waals surface area contributed by atoms with Crippen LogP contribution in [0.3, 0.4) is 0 Å². The second-order valence-corrected chi connectivity index (χ2v) is 15.2. The van der Waals surface area contributed by atoms with E-state index in [0.29, 0.717) is 0 Å². The highest BCUT2D eigenvalue weighted by molar-refractivity contribution is 6.33. The quantitative estimate of drug-likeness (QED) is 0.168. The van der Waals surface area contributed by atoms with Gasteiger partial charge in [-0.05, 0) is 105 Å². The van der Waals surface area contributed by atoms with Crippen molar-refractivity contribution in [1.29, 1.82) is 0 Å². The first-order valence-electron chi connectivity index (χ1n) is 19.9. The van der Waals surface area contributed by atoms with Crippen molar-refractivity contribution in [2.75, 3.05) is 0 Å². The standard InChI is InChI=1S/C56H34N2/c1-2-13-37(14-3-1)55-50-22-10-11-24-52(50)57-56(58-55)38-28-25-35(26-29-38)41-31-32-42(44-17-5-4-16-43(41)44)40-33-39-30-27-36-15-12-23-49-47-20-8-6-18-45(47)46-19-7-9-21-48(46)51(34-40)54(39)53(36)49/h1-34H. The van der Waals surface area contributed by atoms with Gasteiger partial charge in [0.15, 0.2) is 5.82 Å². The summed E-state index contributed by atoms with van der Waals surface area (Å²) in [6.45, 7) is 0. The molecule has 12 aromatic rings. The molecule has 0 atom stereocenters. The van der Waals surface area contributed by atoms with Gasteiger partial charge < -0.3 is 0 Å². The van der Waals surface area contributed by atoms with Crippen LogP contribution in [0.5, 0.6) is 0 Å². The Balaban J connectivity index is 1.03. The molecular weight excluding hydrogens is 701 g/mol. The largest absolute Gasteiger partial charge is 0.228 e.